The van der Waals surface area contributed by atoms with Crippen molar-refractivity contribution in [2.24, 2.45) is 0 Å². The average molecular weight is 176 g/mol. The van der Waals surface area contributed by atoms with E-state index in [4.69, 9.17) is 4.74 Å². The van der Waals surface area contributed by atoms with Crippen LogP contribution in [-0.2, 0) is 4.74 Å². The van der Waals surface area contributed by atoms with E-state index in [-0.39, 0.29) is 0 Å². The van der Waals surface area contributed by atoms with Gasteiger partial charge in [0.15, 0.2) is 0 Å². The van der Waals surface area contributed by atoms with Crippen molar-refractivity contribution in [3.63, 3.8) is 0 Å². The molecule has 0 aromatic heterocycles. The Balaban J connectivity index is 2.18. The maximum Gasteiger partial charge on any atom is 0.0620 e. The molecule has 0 saturated carbocycles. The van der Waals surface area contributed by atoms with Gasteiger partial charge in [0.2, 0.25) is 0 Å². The van der Waals surface area contributed by atoms with Crippen LogP contribution in [0.25, 0.3) is 0 Å². The highest BCUT2D eigenvalue weighted by Crippen LogP contribution is 2.34. The lowest BCUT2D eigenvalue weighted by Gasteiger charge is -2.13. The first kappa shape index (κ1) is 8.76. The summed E-state index contributed by atoms with van der Waals surface area (Å²) in [6.45, 7) is 4.32. The van der Waals surface area contributed by atoms with E-state index in [2.05, 4.69) is 44.2 Å². The highest BCUT2D eigenvalue weighted by Gasteiger charge is 2.30. The zero-order valence-corrected chi connectivity index (χ0v) is 8.23. The molecule has 0 unspecified atom stereocenters. The molecule has 1 saturated heterocycles. The molecular weight excluding hydrogens is 160 g/mol. The summed E-state index contributed by atoms with van der Waals surface area (Å²) in [6.07, 6.45) is 1.95. The third-order valence-electron chi connectivity index (χ3n) is 2.83. The Hall–Kier alpha value is -0.820. The lowest BCUT2D eigenvalue weighted by atomic mass is 9.92. The predicted octanol–water partition coefficient (Wildman–Crippen LogP) is 2.97. The van der Waals surface area contributed by atoms with E-state index >= 15 is 0 Å². The van der Waals surface area contributed by atoms with Crippen LogP contribution in [0.5, 0.6) is 0 Å². The van der Waals surface area contributed by atoms with Gasteiger partial charge in [0.05, 0.1) is 12.2 Å². The van der Waals surface area contributed by atoms with Gasteiger partial charge in [-0.25, -0.2) is 0 Å². The number of benzene rings is 1. The number of hydrogen-bond donors (Lipinski definition) is 0. The summed E-state index contributed by atoms with van der Waals surface area (Å²) in [5, 5.41) is 0. The third kappa shape index (κ3) is 1.75. The largest absolute Gasteiger partial charge is 0.375 e. The van der Waals surface area contributed by atoms with Crippen LogP contribution in [0, 0.1) is 0 Å². The van der Waals surface area contributed by atoms with E-state index in [9.17, 15) is 0 Å². The van der Waals surface area contributed by atoms with Gasteiger partial charge in [-0.3, -0.25) is 0 Å². The van der Waals surface area contributed by atoms with Gasteiger partial charge in [-0.1, -0.05) is 30.3 Å². The SMILES string of the molecule is C[C@@H]1O[C@@H](C)C[C@H]1c1ccccc1. The summed E-state index contributed by atoms with van der Waals surface area (Å²) in [6, 6.07) is 10.7. The Kier molecular flexibility index (Phi) is 2.36. The second-order valence-electron chi connectivity index (χ2n) is 3.90. The van der Waals surface area contributed by atoms with Crippen LogP contribution >= 0.6 is 0 Å². The fraction of sp³-hybridized carbons (Fsp3) is 0.500. The molecule has 0 N–H and O–H groups in total. The van der Waals surface area contributed by atoms with E-state index in [1.54, 1.807) is 0 Å². The van der Waals surface area contributed by atoms with Crippen molar-refractivity contribution in [2.75, 3.05) is 0 Å². The topological polar surface area (TPSA) is 9.23 Å². The van der Waals surface area contributed by atoms with Gasteiger partial charge in [-0.05, 0) is 25.8 Å². The van der Waals surface area contributed by atoms with Crippen molar-refractivity contribution in [1.29, 1.82) is 0 Å². The summed E-state index contributed by atoms with van der Waals surface area (Å²) in [4.78, 5) is 0. The fourth-order valence-corrected chi connectivity index (χ4v) is 2.17. The van der Waals surface area contributed by atoms with Crippen LogP contribution in [0.1, 0.15) is 31.7 Å². The van der Waals surface area contributed by atoms with Crippen LogP contribution in [0.3, 0.4) is 0 Å². The summed E-state index contributed by atoms with van der Waals surface area (Å²) >= 11 is 0. The Morgan fingerprint density at radius 3 is 2.38 bits per heavy atom. The summed E-state index contributed by atoms with van der Waals surface area (Å²) in [7, 11) is 0. The zero-order valence-electron chi connectivity index (χ0n) is 8.23. The summed E-state index contributed by atoms with van der Waals surface area (Å²) in [5.41, 5.74) is 1.42. The fourth-order valence-electron chi connectivity index (χ4n) is 2.17. The van der Waals surface area contributed by atoms with Crippen molar-refractivity contribution in [3.05, 3.63) is 35.9 Å². The summed E-state index contributed by atoms with van der Waals surface area (Å²) in [5.74, 6) is 0.594. The second kappa shape index (κ2) is 3.51. The Morgan fingerprint density at radius 1 is 1.15 bits per heavy atom. The van der Waals surface area contributed by atoms with Gasteiger partial charge < -0.3 is 4.74 Å². The number of hydrogen-bond acceptors (Lipinski definition) is 1. The lowest BCUT2D eigenvalue weighted by Crippen LogP contribution is -2.09. The molecule has 1 aromatic rings. The first-order valence-electron chi connectivity index (χ1n) is 4.98. The standard InChI is InChI=1S/C12H16O/c1-9-8-12(10(2)13-9)11-6-4-3-5-7-11/h3-7,9-10,12H,8H2,1-2H3/t9-,10-,12+/m0/s1. The molecule has 0 aliphatic carbocycles. The van der Waals surface area contributed by atoms with Gasteiger partial charge in [0.25, 0.3) is 0 Å². The smallest absolute Gasteiger partial charge is 0.0620 e. The van der Waals surface area contributed by atoms with Gasteiger partial charge in [0, 0.05) is 5.92 Å². The van der Waals surface area contributed by atoms with E-state index in [1.165, 1.54) is 5.56 Å². The molecule has 1 aliphatic heterocycles. The van der Waals surface area contributed by atoms with Gasteiger partial charge in [-0.15, -0.1) is 0 Å². The molecule has 0 radical (unpaired) electrons. The monoisotopic (exact) mass is 176 g/mol. The molecule has 1 fully saturated rings. The molecule has 0 spiro atoms. The van der Waals surface area contributed by atoms with Gasteiger partial charge in [0.1, 0.15) is 0 Å². The van der Waals surface area contributed by atoms with Crippen LogP contribution in [0.2, 0.25) is 0 Å². The van der Waals surface area contributed by atoms with Crippen LogP contribution in [-0.4, -0.2) is 12.2 Å². The predicted molar refractivity (Wildman–Crippen MR) is 53.8 cm³/mol. The molecule has 0 amide bonds. The second-order valence-corrected chi connectivity index (χ2v) is 3.90. The molecule has 1 heterocycles. The Morgan fingerprint density at radius 2 is 1.85 bits per heavy atom. The summed E-state index contributed by atoms with van der Waals surface area (Å²) < 4.78 is 5.73. The van der Waals surface area contributed by atoms with Crippen molar-refractivity contribution in [1.82, 2.24) is 0 Å². The number of ether oxygens (including phenoxy) is 1. The molecule has 2 rings (SSSR count). The average Bonchev–Trinajstić information content (AvgIpc) is 2.47. The molecular formula is C12H16O. The molecule has 1 aromatic carbocycles. The molecule has 1 aliphatic rings. The van der Waals surface area contributed by atoms with Gasteiger partial charge >= 0.3 is 0 Å². The Bertz CT molecular complexity index is 268. The molecule has 0 bridgehead atoms. The molecule has 1 heteroatoms. The van der Waals surface area contributed by atoms with Crippen LogP contribution in [0.15, 0.2) is 30.3 Å². The molecule has 3 atom stereocenters. The van der Waals surface area contributed by atoms with E-state index in [0.29, 0.717) is 18.1 Å². The van der Waals surface area contributed by atoms with Gasteiger partial charge in [-0.2, -0.15) is 0 Å². The first-order chi connectivity index (χ1) is 6.27. The Labute approximate surface area is 79.7 Å². The maximum absolute atomic E-state index is 5.73. The van der Waals surface area contributed by atoms with E-state index in [0.717, 1.165) is 6.42 Å². The highest BCUT2D eigenvalue weighted by molar-refractivity contribution is 5.21. The van der Waals surface area contributed by atoms with E-state index < -0.39 is 0 Å². The van der Waals surface area contributed by atoms with Crippen molar-refractivity contribution < 1.29 is 4.74 Å². The number of rotatable bonds is 1. The zero-order chi connectivity index (χ0) is 9.26. The molecule has 1 nitrogen and oxygen atoms in total. The molecule has 70 valence electrons. The van der Waals surface area contributed by atoms with Crippen molar-refractivity contribution in [3.8, 4) is 0 Å². The normalized spacial score (nSPS) is 33.5. The highest BCUT2D eigenvalue weighted by atomic mass is 16.5. The minimum Gasteiger partial charge on any atom is -0.375 e. The van der Waals surface area contributed by atoms with Crippen LogP contribution < -0.4 is 0 Å². The minimum absolute atomic E-state index is 0.373. The maximum atomic E-state index is 5.73. The van der Waals surface area contributed by atoms with Crippen molar-refractivity contribution in [2.45, 2.75) is 38.4 Å². The van der Waals surface area contributed by atoms with E-state index in [1.807, 2.05) is 0 Å². The first-order valence-corrected chi connectivity index (χ1v) is 4.98. The lowest BCUT2D eigenvalue weighted by molar-refractivity contribution is 0.0632. The molecule has 13 heavy (non-hydrogen) atoms. The van der Waals surface area contributed by atoms with Crippen LogP contribution in [0.4, 0.5) is 0 Å². The quantitative estimate of drug-likeness (QED) is 0.639. The van der Waals surface area contributed by atoms with Crippen molar-refractivity contribution >= 4 is 0 Å². The minimum atomic E-state index is 0.373. The third-order valence-corrected chi connectivity index (χ3v) is 2.83.